The number of allylic oxidation sites excluding steroid dienone is 1. The van der Waals surface area contributed by atoms with E-state index in [9.17, 15) is 4.39 Å². The Labute approximate surface area is 127 Å². The van der Waals surface area contributed by atoms with Crippen LogP contribution in [0.5, 0.6) is 0 Å². The topological polar surface area (TPSA) is 51.0 Å². The molecular weight excluding hydrogens is 281 g/mol. The van der Waals surface area contributed by atoms with Crippen LogP contribution < -0.4 is 16.1 Å². The van der Waals surface area contributed by atoms with Gasteiger partial charge in [0.1, 0.15) is 17.3 Å². The first-order valence-corrected chi connectivity index (χ1v) is 6.82. The minimum atomic E-state index is -1.22. The average Bonchev–Trinajstić information content (AvgIpc) is 2.87. The van der Waals surface area contributed by atoms with E-state index in [0.29, 0.717) is 22.8 Å². The van der Waals surface area contributed by atoms with E-state index < -0.39 is 6.17 Å². The lowest BCUT2D eigenvalue weighted by atomic mass is 10.1. The predicted octanol–water partition coefficient (Wildman–Crippen LogP) is 1.37. The van der Waals surface area contributed by atoms with Gasteiger partial charge in [-0.3, -0.25) is 0 Å². The zero-order valence-electron chi connectivity index (χ0n) is 12.1. The Hall–Kier alpha value is -2.87. The summed E-state index contributed by atoms with van der Waals surface area (Å²) in [6.07, 6.45) is 4.06. The Morgan fingerprint density at radius 2 is 2.27 bits per heavy atom. The smallest absolute Gasteiger partial charge is 0.274 e. The Morgan fingerprint density at radius 1 is 1.41 bits per heavy atom. The standard InChI is InChI=1S/C17H14FN3O/c1-11-3-6-14-15(9-13(11)18)22-17(21-14)8-5-12-4-7-16(19-2)20-10-12/h4,6-7,9-10,13H,1,3H2,2H3,(H,19,20). The first-order valence-electron chi connectivity index (χ1n) is 6.82. The lowest BCUT2D eigenvalue weighted by molar-refractivity contribution is 0.455. The van der Waals surface area contributed by atoms with Crippen LogP contribution in [0.4, 0.5) is 10.2 Å². The number of hydrogen-bond donors (Lipinski definition) is 1. The molecule has 4 nitrogen and oxygen atoms in total. The van der Waals surface area contributed by atoms with Gasteiger partial charge < -0.3 is 9.73 Å². The van der Waals surface area contributed by atoms with Gasteiger partial charge in [-0.2, -0.15) is 0 Å². The molecule has 2 aromatic heterocycles. The molecule has 5 heteroatoms. The number of nitrogens with zero attached hydrogens (tertiary/aromatic N) is 2. The monoisotopic (exact) mass is 295 g/mol. The van der Waals surface area contributed by atoms with Gasteiger partial charge in [0.15, 0.2) is 5.42 Å². The molecule has 0 fully saturated rings. The third-order valence-corrected chi connectivity index (χ3v) is 3.26. The molecule has 3 rings (SSSR count). The molecule has 1 aliphatic carbocycles. The van der Waals surface area contributed by atoms with Crippen LogP contribution in [0.15, 0.2) is 34.9 Å². The molecule has 0 saturated carbocycles. The summed E-state index contributed by atoms with van der Waals surface area (Å²) >= 11 is 0. The van der Waals surface area contributed by atoms with Crippen molar-refractivity contribution in [2.45, 2.75) is 12.6 Å². The fraction of sp³-hybridized carbons (Fsp3) is 0.176. The summed E-state index contributed by atoms with van der Waals surface area (Å²) in [5.74, 6) is 6.78. The van der Waals surface area contributed by atoms with Gasteiger partial charge in [0.25, 0.3) is 5.89 Å². The fourth-order valence-corrected chi connectivity index (χ4v) is 2.00. The fourth-order valence-electron chi connectivity index (χ4n) is 2.00. The van der Waals surface area contributed by atoms with E-state index in [1.165, 1.54) is 6.08 Å². The van der Waals surface area contributed by atoms with Crippen LogP contribution in [-0.4, -0.2) is 23.2 Å². The van der Waals surface area contributed by atoms with Crippen molar-refractivity contribution in [1.29, 1.82) is 0 Å². The Balaban J connectivity index is 1.91. The molecule has 2 heterocycles. The summed E-state index contributed by atoms with van der Waals surface area (Å²) in [5, 5.41) is 3.54. The zero-order chi connectivity index (χ0) is 15.5. The van der Waals surface area contributed by atoms with E-state index in [1.54, 1.807) is 19.3 Å². The molecule has 0 aliphatic heterocycles. The van der Waals surface area contributed by atoms with Gasteiger partial charge in [-0.15, -0.1) is 0 Å². The zero-order valence-corrected chi connectivity index (χ0v) is 12.1. The summed E-state index contributed by atoms with van der Waals surface area (Å²) in [6, 6.07) is 3.68. The van der Waals surface area contributed by atoms with Crippen molar-refractivity contribution in [3.63, 3.8) is 0 Å². The molecule has 1 atom stereocenters. The SMILES string of the molecule is C=C1CC=c2nc(C#Cc3ccc(NC)nc3)oc2=CC1F. The molecule has 22 heavy (non-hydrogen) atoms. The number of fused-ring (bicyclic) bond motifs is 1. The number of rotatable bonds is 1. The van der Waals surface area contributed by atoms with Gasteiger partial charge >= 0.3 is 0 Å². The number of nitrogens with one attached hydrogen (secondary N) is 1. The molecule has 2 aromatic rings. The number of hydrogen-bond acceptors (Lipinski definition) is 4. The minimum Gasteiger partial charge on any atom is -0.430 e. The van der Waals surface area contributed by atoms with Crippen LogP contribution >= 0.6 is 0 Å². The highest BCUT2D eigenvalue weighted by Crippen LogP contribution is 2.12. The highest BCUT2D eigenvalue weighted by Gasteiger charge is 2.12. The van der Waals surface area contributed by atoms with E-state index in [0.717, 1.165) is 11.4 Å². The Morgan fingerprint density at radius 3 is 3.00 bits per heavy atom. The van der Waals surface area contributed by atoms with E-state index in [1.807, 2.05) is 12.1 Å². The van der Waals surface area contributed by atoms with Gasteiger partial charge in [-0.05, 0) is 36.1 Å². The Kier molecular flexibility index (Phi) is 3.75. The van der Waals surface area contributed by atoms with Crippen molar-refractivity contribution < 1.29 is 8.81 Å². The minimum absolute atomic E-state index is 0.259. The number of halogens is 1. The van der Waals surface area contributed by atoms with Gasteiger partial charge in [0.2, 0.25) is 0 Å². The van der Waals surface area contributed by atoms with Crippen LogP contribution in [0.25, 0.3) is 12.2 Å². The molecule has 0 spiro atoms. The van der Waals surface area contributed by atoms with E-state index in [4.69, 9.17) is 4.42 Å². The quantitative estimate of drug-likeness (QED) is 0.638. The highest BCUT2D eigenvalue weighted by molar-refractivity contribution is 5.44. The summed E-state index contributed by atoms with van der Waals surface area (Å²) < 4.78 is 19.2. The second-order valence-corrected chi connectivity index (χ2v) is 4.84. The third-order valence-electron chi connectivity index (χ3n) is 3.26. The lowest BCUT2D eigenvalue weighted by Crippen LogP contribution is -2.21. The summed E-state index contributed by atoms with van der Waals surface area (Å²) in [6.45, 7) is 3.68. The number of aromatic nitrogens is 2. The maximum Gasteiger partial charge on any atom is 0.274 e. The van der Waals surface area contributed by atoms with Gasteiger partial charge in [-0.1, -0.05) is 18.6 Å². The van der Waals surface area contributed by atoms with E-state index in [2.05, 4.69) is 33.7 Å². The number of anilines is 1. The van der Waals surface area contributed by atoms with Gasteiger partial charge in [0, 0.05) is 18.8 Å². The third kappa shape index (κ3) is 2.91. The maximum absolute atomic E-state index is 13.7. The van der Waals surface area contributed by atoms with Crippen LogP contribution in [0.2, 0.25) is 0 Å². The largest absolute Gasteiger partial charge is 0.430 e. The number of oxazole rings is 1. The van der Waals surface area contributed by atoms with Gasteiger partial charge in [-0.25, -0.2) is 14.4 Å². The Bertz CT molecular complexity index is 885. The summed E-state index contributed by atoms with van der Waals surface area (Å²) in [7, 11) is 1.80. The van der Waals surface area contributed by atoms with Crippen molar-refractivity contribution in [2.75, 3.05) is 12.4 Å². The first-order chi connectivity index (χ1) is 10.7. The van der Waals surface area contributed by atoms with Gasteiger partial charge in [0.05, 0.1) is 0 Å². The summed E-state index contributed by atoms with van der Waals surface area (Å²) in [5.41, 5.74) is 1.65. The van der Waals surface area contributed by atoms with Crippen molar-refractivity contribution in [3.05, 3.63) is 52.7 Å². The van der Waals surface area contributed by atoms with Crippen molar-refractivity contribution >= 4 is 18.0 Å². The lowest BCUT2D eigenvalue weighted by Gasteiger charge is -2.00. The molecule has 0 amide bonds. The molecule has 1 aliphatic rings. The molecule has 0 bridgehead atoms. The van der Waals surface area contributed by atoms with Crippen LogP contribution in [-0.2, 0) is 0 Å². The van der Waals surface area contributed by atoms with Crippen LogP contribution in [0, 0.1) is 11.8 Å². The highest BCUT2D eigenvalue weighted by atomic mass is 19.1. The van der Waals surface area contributed by atoms with Crippen LogP contribution in [0.1, 0.15) is 17.9 Å². The summed E-state index contributed by atoms with van der Waals surface area (Å²) in [4.78, 5) is 8.43. The van der Waals surface area contributed by atoms with E-state index in [-0.39, 0.29) is 5.89 Å². The first kappa shape index (κ1) is 14.1. The normalized spacial score (nSPS) is 16.5. The van der Waals surface area contributed by atoms with Crippen LogP contribution in [0.3, 0.4) is 0 Å². The maximum atomic E-state index is 13.7. The van der Waals surface area contributed by atoms with Crippen molar-refractivity contribution in [1.82, 2.24) is 9.97 Å². The predicted molar refractivity (Wildman–Crippen MR) is 83.1 cm³/mol. The van der Waals surface area contributed by atoms with Crippen molar-refractivity contribution in [3.8, 4) is 11.8 Å². The molecular formula is C17H14FN3O. The molecule has 1 N–H and O–H groups in total. The molecule has 110 valence electrons. The average molecular weight is 295 g/mol. The molecule has 0 saturated heterocycles. The molecule has 1 unspecified atom stereocenters. The number of alkyl halides is 1. The van der Waals surface area contributed by atoms with E-state index >= 15 is 0 Å². The second kappa shape index (κ2) is 5.86. The molecule has 0 aromatic carbocycles. The second-order valence-electron chi connectivity index (χ2n) is 4.84. The van der Waals surface area contributed by atoms with Crippen molar-refractivity contribution in [2.24, 2.45) is 0 Å². The number of pyridine rings is 1. The molecule has 0 radical (unpaired) electrons.